The van der Waals surface area contributed by atoms with E-state index in [-0.39, 0.29) is 11.9 Å². The van der Waals surface area contributed by atoms with Gasteiger partial charge in [0.2, 0.25) is 5.91 Å². The Bertz CT molecular complexity index is 368. The molecule has 0 aliphatic rings. The number of nitrogens with two attached hydrogens (primary N) is 2. The van der Waals surface area contributed by atoms with Crippen LogP contribution in [-0.2, 0) is 4.79 Å². The lowest BCUT2D eigenvalue weighted by atomic mass is 10.0. The average molecular weight is 370 g/mol. The number of halogens is 2. The van der Waals surface area contributed by atoms with Crippen molar-refractivity contribution in [3.05, 3.63) is 19.2 Å². The van der Waals surface area contributed by atoms with Gasteiger partial charge in [-0.05, 0) is 56.3 Å². The largest absolute Gasteiger partial charge is 0.370 e. The topological polar surface area (TPSA) is 69.1 Å². The standard InChI is InChI=1S/C10H14Br2N2OS/c11-8-5-6(10(12)16-8)7(13)3-1-2-4-9(14)15/h5,7H,1-4,13H2,(H2,14,15). The molecule has 1 aromatic heterocycles. The molecule has 16 heavy (non-hydrogen) atoms. The van der Waals surface area contributed by atoms with Gasteiger partial charge in [-0.25, -0.2) is 0 Å². The second-order valence-electron chi connectivity index (χ2n) is 3.60. The normalized spacial score (nSPS) is 12.7. The maximum Gasteiger partial charge on any atom is 0.217 e. The maximum atomic E-state index is 10.6. The highest BCUT2D eigenvalue weighted by Gasteiger charge is 2.12. The van der Waals surface area contributed by atoms with Crippen LogP contribution in [0.1, 0.15) is 37.3 Å². The van der Waals surface area contributed by atoms with E-state index in [0.29, 0.717) is 6.42 Å². The lowest BCUT2D eigenvalue weighted by Gasteiger charge is -2.10. The number of thiophene rings is 1. The highest BCUT2D eigenvalue weighted by atomic mass is 79.9. The molecule has 1 aromatic rings. The number of hydrogen-bond acceptors (Lipinski definition) is 3. The van der Waals surface area contributed by atoms with Gasteiger partial charge in [0.1, 0.15) is 0 Å². The first-order valence-corrected chi connectivity index (χ1v) is 7.39. The summed E-state index contributed by atoms with van der Waals surface area (Å²) in [4.78, 5) is 10.6. The van der Waals surface area contributed by atoms with Crippen LogP contribution in [0.25, 0.3) is 0 Å². The molecule has 0 saturated carbocycles. The number of unbranched alkanes of at least 4 members (excludes halogenated alkanes) is 1. The molecule has 1 atom stereocenters. The lowest BCUT2D eigenvalue weighted by molar-refractivity contribution is -0.118. The van der Waals surface area contributed by atoms with Crippen LogP contribution in [0.4, 0.5) is 0 Å². The molecular weight excluding hydrogens is 356 g/mol. The second-order valence-corrected chi connectivity index (χ2v) is 7.35. The molecule has 0 radical (unpaired) electrons. The predicted molar refractivity (Wildman–Crippen MR) is 74.3 cm³/mol. The Morgan fingerprint density at radius 3 is 2.62 bits per heavy atom. The molecule has 0 spiro atoms. The van der Waals surface area contributed by atoms with Crippen molar-refractivity contribution in [3.8, 4) is 0 Å². The number of hydrogen-bond donors (Lipinski definition) is 2. The Kier molecular flexibility index (Phi) is 5.96. The molecule has 0 bridgehead atoms. The third kappa shape index (κ3) is 4.53. The number of amides is 1. The summed E-state index contributed by atoms with van der Waals surface area (Å²) in [7, 11) is 0. The molecule has 6 heteroatoms. The summed E-state index contributed by atoms with van der Waals surface area (Å²) in [6, 6.07) is 2.05. The fraction of sp³-hybridized carbons (Fsp3) is 0.500. The van der Waals surface area contributed by atoms with E-state index >= 15 is 0 Å². The Morgan fingerprint density at radius 1 is 1.44 bits per heavy atom. The van der Waals surface area contributed by atoms with Crippen LogP contribution in [0.3, 0.4) is 0 Å². The van der Waals surface area contributed by atoms with Crippen LogP contribution in [0.2, 0.25) is 0 Å². The Morgan fingerprint density at radius 2 is 2.12 bits per heavy atom. The summed E-state index contributed by atoms with van der Waals surface area (Å²) in [5, 5.41) is 0. The first-order chi connectivity index (χ1) is 7.50. The molecule has 1 amide bonds. The van der Waals surface area contributed by atoms with Gasteiger partial charge in [0, 0.05) is 12.5 Å². The summed E-state index contributed by atoms with van der Waals surface area (Å²) in [5.41, 5.74) is 12.3. The first kappa shape index (κ1) is 14.2. The minimum absolute atomic E-state index is 0.0183. The molecule has 90 valence electrons. The molecular formula is C10H14Br2N2OS. The molecule has 0 saturated heterocycles. The minimum Gasteiger partial charge on any atom is -0.370 e. The summed E-state index contributed by atoms with van der Waals surface area (Å²) in [5.74, 6) is -0.243. The summed E-state index contributed by atoms with van der Waals surface area (Å²) in [6.45, 7) is 0. The molecule has 0 aromatic carbocycles. The molecule has 0 aliphatic heterocycles. The van der Waals surface area contributed by atoms with Crippen molar-refractivity contribution in [2.45, 2.75) is 31.7 Å². The van der Waals surface area contributed by atoms with Gasteiger partial charge >= 0.3 is 0 Å². The van der Waals surface area contributed by atoms with E-state index in [1.54, 1.807) is 11.3 Å². The van der Waals surface area contributed by atoms with Crippen LogP contribution in [0.5, 0.6) is 0 Å². The van der Waals surface area contributed by atoms with Crippen molar-refractivity contribution in [2.24, 2.45) is 11.5 Å². The highest BCUT2D eigenvalue weighted by Crippen LogP contribution is 2.36. The Hall–Kier alpha value is 0.0900. The maximum absolute atomic E-state index is 10.6. The number of primary amides is 1. The Labute approximate surface area is 116 Å². The third-order valence-electron chi connectivity index (χ3n) is 2.27. The third-order valence-corrected chi connectivity index (χ3v) is 4.66. The molecule has 0 fully saturated rings. The Balaban J connectivity index is 2.38. The number of carbonyl (C=O) groups excluding carboxylic acids is 1. The monoisotopic (exact) mass is 368 g/mol. The van der Waals surface area contributed by atoms with E-state index in [9.17, 15) is 4.79 Å². The van der Waals surface area contributed by atoms with Crippen LogP contribution in [0, 0.1) is 0 Å². The van der Waals surface area contributed by atoms with Crippen molar-refractivity contribution in [1.82, 2.24) is 0 Å². The molecule has 1 rings (SSSR count). The minimum atomic E-state index is -0.243. The number of carbonyl (C=O) groups is 1. The van der Waals surface area contributed by atoms with Gasteiger partial charge in [-0.1, -0.05) is 6.42 Å². The molecule has 1 unspecified atom stereocenters. The van der Waals surface area contributed by atoms with E-state index < -0.39 is 0 Å². The van der Waals surface area contributed by atoms with Gasteiger partial charge in [-0.3, -0.25) is 4.79 Å². The highest BCUT2D eigenvalue weighted by molar-refractivity contribution is 9.12. The molecule has 4 N–H and O–H groups in total. The van der Waals surface area contributed by atoms with E-state index in [1.165, 1.54) is 0 Å². The van der Waals surface area contributed by atoms with Gasteiger partial charge < -0.3 is 11.5 Å². The van der Waals surface area contributed by atoms with Crippen LogP contribution in [0.15, 0.2) is 13.6 Å². The first-order valence-electron chi connectivity index (χ1n) is 4.99. The van der Waals surface area contributed by atoms with E-state index in [4.69, 9.17) is 11.5 Å². The summed E-state index contributed by atoms with van der Waals surface area (Å²) >= 11 is 8.53. The van der Waals surface area contributed by atoms with Crippen molar-refractivity contribution in [2.75, 3.05) is 0 Å². The fourth-order valence-electron chi connectivity index (χ4n) is 1.42. The van der Waals surface area contributed by atoms with Gasteiger partial charge in [-0.2, -0.15) is 0 Å². The fourth-order valence-corrected chi connectivity index (χ4v) is 4.43. The van der Waals surface area contributed by atoms with E-state index in [1.807, 2.05) is 6.07 Å². The molecule has 0 aliphatic carbocycles. The van der Waals surface area contributed by atoms with E-state index in [0.717, 1.165) is 32.4 Å². The average Bonchev–Trinajstić information content (AvgIpc) is 2.52. The van der Waals surface area contributed by atoms with Gasteiger partial charge in [-0.15, -0.1) is 11.3 Å². The van der Waals surface area contributed by atoms with Crippen molar-refractivity contribution in [3.63, 3.8) is 0 Å². The smallest absolute Gasteiger partial charge is 0.217 e. The molecule has 3 nitrogen and oxygen atoms in total. The number of rotatable bonds is 6. The zero-order valence-corrected chi connectivity index (χ0v) is 12.7. The van der Waals surface area contributed by atoms with Crippen LogP contribution in [-0.4, -0.2) is 5.91 Å². The van der Waals surface area contributed by atoms with Crippen molar-refractivity contribution < 1.29 is 4.79 Å². The van der Waals surface area contributed by atoms with Crippen molar-refractivity contribution in [1.29, 1.82) is 0 Å². The second kappa shape index (κ2) is 6.74. The van der Waals surface area contributed by atoms with Gasteiger partial charge in [0.25, 0.3) is 0 Å². The van der Waals surface area contributed by atoms with Gasteiger partial charge in [0.15, 0.2) is 0 Å². The van der Waals surface area contributed by atoms with Gasteiger partial charge in [0.05, 0.1) is 7.57 Å². The zero-order chi connectivity index (χ0) is 12.1. The lowest BCUT2D eigenvalue weighted by Crippen LogP contribution is -2.12. The quantitative estimate of drug-likeness (QED) is 0.755. The summed E-state index contributed by atoms with van der Waals surface area (Å²) < 4.78 is 2.14. The van der Waals surface area contributed by atoms with Crippen LogP contribution >= 0.6 is 43.2 Å². The molecule has 1 heterocycles. The summed E-state index contributed by atoms with van der Waals surface area (Å²) in [6.07, 6.45) is 3.05. The van der Waals surface area contributed by atoms with E-state index in [2.05, 4.69) is 31.9 Å². The predicted octanol–water partition coefficient (Wildman–Crippen LogP) is 3.32. The van der Waals surface area contributed by atoms with Crippen molar-refractivity contribution >= 4 is 49.1 Å². The zero-order valence-electron chi connectivity index (χ0n) is 8.71. The van der Waals surface area contributed by atoms with Crippen LogP contribution < -0.4 is 11.5 Å². The SMILES string of the molecule is NC(=O)CCCCC(N)c1cc(Br)sc1Br.